The number of benzene rings is 1. The van der Waals surface area contributed by atoms with Gasteiger partial charge in [0, 0.05) is 31.9 Å². The molecule has 8 heteroatoms. The lowest BCUT2D eigenvalue weighted by molar-refractivity contribution is -0.384. The predicted octanol–water partition coefficient (Wildman–Crippen LogP) is 1.62. The van der Waals surface area contributed by atoms with Gasteiger partial charge in [0.05, 0.1) is 28.5 Å². The number of hydrogen-bond donors (Lipinski definition) is 1. The smallest absolute Gasteiger partial charge is 0.269 e. The van der Waals surface area contributed by atoms with Gasteiger partial charge in [-0.05, 0) is 25.5 Å². The van der Waals surface area contributed by atoms with Crippen LogP contribution in [0.1, 0.15) is 23.7 Å². The average molecular weight is 318 g/mol. The molecule has 1 aromatic heterocycles. The van der Waals surface area contributed by atoms with Gasteiger partial charge in [0.1, 0.15) is 0 Å². The second-order valence-corrected chi connectivity index (χ2v) is 5.31. The first-order chi connectivity index (χ1) is 10.9. The summed E-state index contributed by atoms with van der Waals surface area (Å²) in [5.74, 6) is -0.196. The molecule has 0 saturated heterocycles. The fourth-order valence-corrected chi connectivity index (χ4v) is 2.00. The molecule has 0 bridgehead atoms. The van der Waals surface area contributed by atoms with Crippen LogP contribution < -0.4 is 0 Å². The molecule has 1 heterocycles. The van der Waals surface area contributed by atoms with Crippen molar-refractivity contribution in [3.8, 4) is 5.69 Å². The molecule has 0 aliphatic rings. The van der Waals surface area contributed by atoms with Crippen LogP contribution in [0, 0.1) is 10.1 Å². The number of hydrogen-bond acceptors (Lipinski definition) is 5. The molecule has 0 fully saturated rings. The molecule has 1 amide bonds. The van der Waals surface area contributed by atoms with Crippen LogP contribution >= 0.6 is 0 Å². The number of non-ortho nitro benzene ring substituents is 1. The van der Waals surface area contributed by atoms with E-state index in [1.54, 1.807) is 32.3 Å². The van der Waals surface area contributed by atoms with Gasteiger partial charge < -0.3 is 10.0 Å². The molecule has 0 radical (unpaired) electrons. The van der Waals surface area contributed by atoms with E-state index in [2.05, 4.69) is 5.10 Å². The number of aliphatic hydroxyl groups excluding tert-OH is 1. The first kappa shape index (κ1) is 16.6. The zero-order chi connectivity index (χ0) is 17.0. The van der Waals surface area contributed by atoms with E-state index in [0.29, 0.717) is 24.2 Å². The van der Waals surface area contributed by atoms with E-state index < -0.39 is 11.0 Å². The van der Waals surface area contributed by atoms with Crippen LogP contribution in [-0.2, 0) is 0 Å². The Morgan fingerprint density at radius 1 is 1.43 bits per heavy atom. The molecule has 23 heavy (non-hydrogen) atoms. The van der Waals surface area contributed by atoms with Gasteiger partial charge in [0.25, 0.3) is 11.6 Å². The van der Waals surface area contributed by atoms with Crippen LogP contribution in [-0.4, -0.2) is 50.3 Å². The number of nitro groups is 1. The number of nitro benzene ring substituents is 1. The van der Waals surface area contributed by atoms with Gasteiger partial charge in [-0.2, -0.15) is 5.10 Å². The fourth-order valence-electron chi connectivity index (χ4n) is 2.00. The van der Waals surface area contributed by atoms with E-state index in [-0.39, 0.29) is 11.6 Å². The Morgan fingerprint density at radius 3 is 2.65 bits per heavy atom. The molecule has 1 unspecified atom stereocenters. The quantitative estimate of drug-likeness (QED) is 0.644. The molecule has 0 aliphatic carbocycles. The Bertz CT molecular complexity index is 694. The zero-order valence-corrected chi connectivity index (χ0v) is 12.9. The molecule has 1 aromatic carbocycles. The van der Waals surface area contributed by atoms with Crippen molar-refractivity contribution in [3.63, 3.8) is 0 Å². The molecule has 0 aliphatic heterocycles. The Kier molecular flexibility index (Phi) is 5.07. The van der Waals surface area contributed by atoms with Crippen molar-refractivity contribution in [2.24, 2.45) is 0 Å². The maximum atomic E-state index is 12.2. The lowest BCUT2D eigenvalue weighted by atomic mass is 10.2. The topological polar surface area (TPSA) is 102 Å². The highest BCUT2D eigenvalue weighted by molar-refractivity contribution is 5.93. The summed E-state index contributed by atoms with van der Waals surface area (Å²) < 4.78 is 1.49. The summed E-state index contributed by atoms with van der Waals surface area (Å²) in [4.78, 5) is 23.9. The van der Waals surface area contributed by atoms with Gasteiger partial charge in [-0.25, -0.2) is 4.68 Å². The normalized spacial score (nSPS) is 12.0. The van der Waals surface area contributed by atoms with Crippen LogP contribution in [0.2, 0.25) is 0 Å². The number of aliphatic hydroxyl groups is 1. The Morgan fingerprint density at radius 2 is 2.09 bits per heavy atom. The minimum absolute atomic E-state index is 0.00457. The van der Waals surface area contributed by atoms with Crippen molar-refractivity contribution in [3.05, 3.63) is 52.3 Å². The first-order valence-corrected chi connectivity index (χ1v) is 7.11. The zero-order valence-electron chi connectivity index (χ0n) is 12.9. The van der Waals surface area contributed by atoms with Crippen molar-refractivity contribution in [1.29, 1.82) is 0 Å². The molecule has 122 valence electrons. The summed E-state index contributed by atoms with van der Waals surface area (Å²) in [6.07, 6.45) is 3.05. The van der Waals surface area contributed by atoms with Gasteiger partial charge in [0.15, 0.2) is 0 Å². The molecule has 8 nitrogen and oxygen atoms in total. The molecule has 2 aromatic rings. The second-order valence-electron chi connectivity index (χ2n) is 5.31. The van der Waals surface area contributed by atoms with Crippen LogP contribution in [0.25, 0.3) is 5.69 Å². The average Bonchev–Trinajstić information content (AvgIpc) is 3.01. The largest absolute Gasteiger partial charge is 0.393 e. The standard InChI is InChI=1S/C15H18N4O4/c1-11(20)7-8-17(2)15(21)12-9-16-18(10-12)13-3-5-14(6-4-13)19(22)23/h3-6,9-11,20H,7-8H2,1-2H3. The monoisotopic (exact) mass is 318 g/mol. The van der Waals surface area contributed by atoms with Crippen molar-refractivity contribution < 1.29 is 14.8 Å². The summed E-state index contributed by atoms with van der Waals surface area (Å²) in [6, 6.07) is 5.90. The fraction of sp³-hybridized carbons (Fsp3) is 0.333. The number of carbonyl (C=O) groups is 1. The highest BCUT2D eigenvalue weighted by Crippen LogP contribution is 2.15. The Balaban J connectivity index is 2.10. The third-order valence-corrected chi connectivity index (χ3v) is 3.38. The summed E-state index contributed by atoms with van der Waals surface area (Å²) in [7, 11) is 1.66. The summed E-state index contributed by atoms with van der Waals surface area (Å²) in [5.41, 5.74) is 1.03. The van der Waals surface area contributed by atoms with Gasteiger partial charge >= 0.3 is 0 Å². The van der Waals surface area contributed by atoms with Crippen LogP contribution in [0.4, 0.5) is 5.69 Å². The van der Waals surface area contributed by atoms with Crippen molar-refractivity contribution in [2.45, 2.75) is 19.4 Å². The van der Waals surface area contributed by atoms with E-state index in [1.165, 1.54) is 27.9 Å². The number of rotatable bonds is 6. The van der Waals surface area contributed by atoms with Crippen LogP contribution in [0.15, 0.2) is 36.7 Å². The van der Waals surface area contributed by atoms with Gasteiger partial charge in [0.2, 0.25) is 0 Å². The Hall–Kier alpha value is -2.74. The summed E-state index contributed by atoms with van der Waals surface area (Å²) in [6.45, 7) is 2.12. The third-order valence-electron chi connectivity index (χ3n) is 3.38. The maximum absolute atomic E-state index is 12.2. The lowest BCUT2D eigenvalue weighted by Crippen LogP contribution is -2.29. The third kappa shape index (κ3) is 4.13. The van der Waals surface area contributed by atoms with E-state index in [9.17, 15) is 20.0 Å². The number of aromatic nitrogens is 2. The number of carbonyl (C=O) groups excluding carboxylic acids is 1. The van der Waals surface area contributed by atoms with Crippen molar-refractivity contribution in [1.82, 2.24) is 14.7 Å². The molecule has 0 saturated carbocycles. The van der Waals surface area contributed by atoms with Crippen LogP contribution in [0.3, 0.4) is 0 Å². The Labute approximate surface area is 133 Å². The van der Waals surface area contributed by atoms with E-state index in [4.69, 9.17) is 0 Å². The summed E-state index contributed by atoms with van der Waals surface area (Å²) >= 11 is 0. The van der Waals surface area contributed by atoms with Crippen molar-refractivity contribution >= 4 is 11.6 Å². The minimum Gasteiger partial charge on any atom is -0.393 e. The maximum Gasteiger partial charge on any atom is 0.269 e. The number of amides is 1. The van der Waals surface area contributed by atoms with Gasteiger partial charge in [-0.3, -0.25) is 14.9 Å². The van der Waals surface area contributed by atoms with E-state index in [0.717, 1.165) is 0 Å². The van der Waals surface area contributed by atoms with Gasteiger partial charge in [-0.15, -0.1) is 0 Å². The SMILES string of the molecule is CC(O)CCN(C)C(=O)c1cnn(-c2ccc([N+](=O)[O-])cc2)c1. The first-order valence-electron chi connectivity index (χ1n) is 7.11. The molecular weight excluding hydrogens is 300 g/mol. The molecule has 2 rings (SSSR count). The van der Waals surface area contributed by atoms with Crippen LogP contribution in [0.5, 0.6) is 0 Å². The summed E-state index contributed by atoms with van der Waals surface area (Å²) in [5, 5.41) is 24.0. The second kappa shape index (κ2) is 7.01. The molecule has 1 atom stereocenters. The molecule has 0 spiro atoms. The van der Waals surface area contributed by atoms with Gasteiger partial charge in [-0.1, -0.05) is 0 Å². The highest BCUT2D eigenvalue weighted by atomic mass is 16.6. The highest BCUT2D eigenvalue weighted by Gasteiger charge is 2.15. The van der Waals surface area contributed by atoms with E-state index in [1.807, 2.05) is 0 Å². The minimum atomic E-state index is -0.473. The number of nitrogens with zero attached hydrogens (tertiary/aromatic N) is 4. The predicted molar refractivity (Wildman–Crippen MR) is 83.5 cm³/mol. The molecule has 1 N–H and O–H groups in total. The lowest BCUT2D eigenvalue weighted by Gasteiger charge is -2.16. The molecular formula is C15H18N4O4. The van der Waals surface area contributed by atoms with E-state index >= 15 is 0 Å². The van der Waals surface area contributed by atoms with Crippen molar-refractivity contribution in [2.75, 3.05) is 13.6 Å².